The average molecular weight is 384 g/mol. The van der Waals surface area contributed by atoms with Gasteiger partial charge in [-0.2, -0.15) is 0 Å². The lowest BCUT2D eigenvalue weighted by atomic mass is 10.0. The van der Waals surface area contributed by atoms with Gasteiger partial charge in [-0.3, -0.25) is 9.38 Å². The molecule has 0 aliphatic rings. The van der Waals surface area contributed by atoms with Crippen molar-refractivity contribution in [2.24, 2.45) is 0 Å². The van der Waals surface area contributed by atoms with E-state index >= 15 is 0 Å². The maximum Gasteiger partial charge on any atom is 0.190 e. The molecule has 1 aromatic carbocycles. The van der Waals surface area contributed by atoms with Crippen LogP contribution in [0.3, 0.4) is 0 Å². The zero-order valence-electron chi connectivity index (χ0n) is 15.0. The molecule has 4 aromatic rings. The lowest BCUT2D eigenvalue weighted by Gasteiger charge is -2.17. The Morgan fingerprint density at radius 2 is 1.79 bits per heavy atom. The topological polar surface area (TPSA) is 63.3 Å². The Morgan fingerprint density at radius 3 is 2.50 bits per heavy atom. The van der Waals surface area contributed by atoms with Crippen LogP contribution in [0.15, 0.2) is 49.1 Å². The van der Waals surface area contributed by atoms with E-state index in [4.69, 9.17) is 0 Å². The van der Waals surface area contributed by atoms with Gasteiger partial charge in [-0.25, -0.2) is 23.1 Å². The molecule has 3 heterocycles. The lowest BCUT2D eigenvalue weighted by Crippen LogP contribution is -2.20. The fourth-order valence-corrected chi connectivity index (χ4v) is 3.01. The molecule has 0 unspecified atom stereocenters. The average Bonchev–Trinajstić information content (AvgIpc) is 3.07. The van der Waals surface area contributed by atoms with Gasteiger partial charge in [0.25, 0.3) is 0 Å². The van der Waals surface area contributed by atoms with Gasteiger partial charge in [0.1, 0.15) is 35.0 Å². The number of imidazole rings is 1. The molecule has 0 amide bonds. The minimum atomic E-state index is -1.47. The highest BCUT2D eigenvalue weighted by Gasteiger charge is 2.26. The highest BCUT2D eigenvalue weighted by Crippen LogP contribution is 2.31. The van der Waals surface area contributed by atoms with Gasteiger partial charge in [0.15, 0.2) is 11.5 Å². The molecule has 5 nitrogen and oxygen atoms in total. The van der Waals surface area contributed by atoms with Crippen molar-refractivity contribution in [1.82, 2.24) is 19.4 Å². The number of nitrogens with zero attached hydrogens (tertiary/aromatic N) is 4. The number of halogens is 3. The van der Waals surface area contributed by atoms with E-state index in [1.165, 1.54) is 67.3 Å². The number of hydrogen-bond acceptors (Lipinski definition) is 4. The standard InChI is InChI=1S/C20H15F3N4O/c1-20(2,28)18-16(23)19-25-9-15(27(19)10-26-18)11-5-6-13(21)12(8-11)17-14(22)4-3-7-24-17/h3-10,28H,1-2H3. The van der Waals surface area contributed by atoms with Crippen LogP contribution < -0.4 is 0 Å². The van der Waals surface area contributed by atoms with Crippen LogP contribution in [0.25, 0.3) is 28.2 Å². The van der Waals surface area contributed by atoms with Gasteiger partial charge in [0, 0.05) is 17.3 Å². The first-order valence-electron chi connectivity index (χ1n) is 8.42. The molecular weight excluding hydrogens is 369 g/mol. The van der Waals surface area contributed by atoms with Crippen molar-refractivity contribution in [2.75, 3.05) is 0 Å². The van der Waals surface area contributed by atoms with E-state index in [2.05, 4.69) is 15.0 Å². The van der Waals surface area contributed by atoms with Gasteiger partial charge < -0.3 is 5.11 Å². The Morgan fingerprint density at radius 1 is 1.00 bits per heavy atom. The third-order valence-corrected chi connectivity index (χ3v) is 4.36. The molecule has 0 bridgehead atoms. The number of benzene rings is 1. The molecule has 0 aliphatic carbocycles. The Bertz CT molecular complexity index is 1200. The smallest absolute Gasteiger partial charge is 0.190 e. The lowest BCUT2D eigenvalue weighted by molar-refractivity contribution is 0.0694. The molecule has 1 N–H and O–H groups in total. The highest BCUT2D eigenvalue weighted by atomic mass is 19.1. The second-order valence-electron chi connectivity index (χ2n) is 6.83. The number of pyridine rings is 1. The van der Waals surface area contributed by atoms with Crippen LogP contribution in [-0.2, 0) is 5.60 Å². The van der Waals surface area contributed by atoms with E-state index in [0.717, 1.165) is 0 Å². The highest BCUT2D eigenvalue weighted by molar-refractivity contribution is 5.72. The fourth-order valence-electron chi connectivity index (χ4n) is 3.01. The SMILES string of the molecule is CC(C)(O)c1ncn2c(-c3ccc(F)c(-c4ncccc4F)c3)cnc2c1F. The van der Waals surface area contributed by atoms with Gasteiger partial charge in [-0.1, -0.05) is 0 Å². The Balaban J connectivity index is 1.89. The number of fused-ring (bicyclic) bond motifs is 1. The summed E-state index contributed by atoms with van der Waals surface area (Å²) in [6, 6.07) is 6.70. The zero-order chi connectivity index (χ0) is 20.1. The predicted octanol–water partition coefficient (Wildman–Crippen LogP) is 4.10. The predicted molar refractivity (Wildman–Crippen MR) is 96.8 cm³/mol. The van der Waals surface area contributed by atoms with E-state index in [1.54, 1.807) is 0 Å². The molecule has 0 aliphatic heterocycles. The number of rotatable bonds is 3. The molecule has 8 heteroatoms. The van der Waals surface area contributed by atoms with Crippen LogP contribution in [0.5, 0.6) is 0 Å². The third-order valence-electron chi connectivity index (χ3n) is 4.36. The molecule has 0 atom stereocenters. The third kappa shape index (κ3) is 2.91. The molecular formula is C20H15F3N4O. The van der Waals surface area contributed by atoms with Crippen molar-refractivity contribution in [2.45, 2.75) is 19.4 Å². The summed E-state index contributed by atoms with van der Waals surface area (Å²) in [5.41, 5.74) is -0.870. The molecule has 0 saturated carbocycles. The number of hydrogen-bond donors (Lipinski definition) is 1. The first kappa shape index (κ1) is 18.1. The second kappa shape index (κ2) is 6.42. The molecule has 0 fully saturated rings. The van der Waals surface area contributed by atoms with Crippen LogP contribution in [0.2, 0.25) is 0 Å². The number of aromatic nitrogens is 4. The summed E-state index contributed by atoms with van der Waals surface area (Å²) >= 11 is 0. The summed E-state index contributed by atoms with van der Waals surface area (Å²) in [5.74, 6) is -2.04. The monoisotopic (exact) mass is 384 g/mol. The van der Waals surface area contributed by atoms with Crippen LogP contribution >= 0.6 is 0 Å². The molecule has 0 saturated heterocycles. The quantitative estimate of drug-likeness (QED) is 0.578. The molecule has 3 aromatic heterocycles. The Hall–Kier alpha value is -3.26. The van der Waals surface area contributed by atoms with E-state index in [1.807, 2.05) is 0 Å². The minimum absolute atomic E-state index is 0.0212. The summed E-state index contributed by atoms with van der Waals surface area (Å²) in [4.78, 5) is 12.0. The second-order valence-corrected chi connectivity index (χ2v) is 6.83. The van der Waals surface area contributed by atoms with Crippen LogP contribution in [0.4, 0.5) is 13.2 Å². The van der Waals surface area contributed by atoms with Crippen molar-refractivity contribution in [3.8, 4) is 22.5 Å². The fraction of sp³-hybridized carbons (Fsp3) is 0.150. The largest absolute Gasteiger partial charge is 0.384 e. The van der Waals surface area contributed by atoms with Gasteiger partial charge >= 0.3 is 0 Å². The van der Waals surface area contributed by atoms with Crippen molar-refractivity contribution >= 4 is 5.65 Å². The summed E-state index contributed by atoms with van der Waals surface area (Å²) in [5, 5.41) is 10.0. The summed E-state index contributed by atoms with van der Waals surface area (Å²) < 4.78 is 44.5. The zero-order valence-corrected chi connectivity index (χ0v) is 15.0. The van der Waals surface area contributed by atoms with Crippen LogP contribution in [-0.4, -0.2) is 24.5 Å². The molecule has 0 spiro atoms. The van der Waals surface area contributed by atoms with Gasteiger partial charge in [0.05, 0.1) is 11.9 Å². The van der Waals surface area contributed by atoms with E-state index < -0.39 is 23.1 Å². The Labute approximate surface area is 158 Å². The number of aliphatic hydroxyl groups is 1. The summed E-state index contributed by atoms with van der Waals surface area (Å²) in [7, 11) is 0. The minimum Gasteiger partial charge on any atom is -0.384 e. The van der Waals surface area contributed by atoms with E-state index in [0.29, 0.717) is 11.3 Å². The van der Waals surface area contributed by atoms with Gasteiger partial charge in [-0.15, -0.1) is 0 Å². The van der Waals surface area contributed by atoms with Crippen molar-refractivity contribution in [1.29, 1.82) is 0 Å². The summed E-state index contributed by atoms with van der Waals surface area (Å²) in [6.45, 7) is 2.85. The Kier molecular flexibility index (Phi) is 4.15. The first-order chi connectivity index (χ1) is 13.3. The normalized spacial score (nSPS) is 11.9. The summed E-state index contributed by atoms with van der Waals surface area (Å²) in [6.07, 6.45) is 4.11. The molecule has 4 rings (SSSR count). The van der Waals surface area contributed by atoms with Crippen LogP contribution in [0.1, 0.15) is 19.5 Å². The van der Waals surface area contributed by atoms with Gasteiger partial charge in [0.2, 0.25) is 0 Å². The van der Waals surface area contributed by atoms with Crippen LogP contribution in [0, 0.1) is 17.5 Å². The maximum absolute atomic E-state index is 14.7. The first-order valence-corrected chi connectivity index (χ1v) is 8.42. The van der Waals surface area contributed by atoms with Gasteiger partial charge in [-0.05, 0) is 44.2 Å². The molecule has 142 valence electrons. The van der Waals surface area contributed by atoms with Crippen molar-refractivity contribution in [3.05, 3.63) is 72.2 Å². The molecule has 0 radical (unpaired) electrons. The van der Waals surface area contributed by atoms with E-state index in [-0.39, 0.29) is 22.6 Å². The van der Waals surface area contributed by atoms with E-state index in [9.17, 15) is 18.3 Å². The van der Waals surface area contributed by atoms with Crippen molar-refractivity contribution < 1.29 is 18.3 Å². The molecule has 28 heavy (non-hydrogen) atoms. The maximum atomic E-state index is 14.7. The van der Waals surface area contributed by atoms with Crippen molar-refractivity contribution in [3.63, 3.8) is 0 Å².